The van der Waals surface area contributed by atoms with Gasteiger partial charge in [0.1, 0.15) is 24.9 Å². The first kappa shape index (κ1) is 23.7. The van der Waals surface area contributed by atoms with E-state index in [1.807, 2.05) is 0 Å². The molecule has 0 amide bonds. The lowest BCUT2D eigenvalue weighted by Gasteiger charge is -2.37. The number of phenols is 6. The molecule has 3 rings (SSSR count). The number of aromatic hydroxyl groups is 6. The normalized spacial score (nSPS) is 22.5. The van der Waals surface area contributed by atoms with Crippen molar-refractivity contribution in [2.75, 3.05) is 13.2 Å². The lowest BCUT2D eigenvalue weighted by molar-refractivity contribution is -0.196. The van der Waals surface area contributed by atoms with Gasteiger partial charge >= 0.3 is 11.9 Å². The molecule has 0 saturated carbocycles. The highest BCUT2D eigenvalue weighted by atomic mass is 16.6. The molecule has 8 N–H and O–H groups in total. The smallest absolute Gasteiger partial charge is 0.338 e. The number of hydrogen-bond donors (Lipinski definition) is 8. The van der Waals surface area contributed by atoms with Crippen molar-refractivity contribution in [3.05, 3.63) is 35.4 Å². The summed E-state index contributed by atoms with van der Waals surface area (Å²) in [6, 6.07) is 3.25. The number of esters is 2. The maximum absolute atomic E-state index is 12.4. The van der Waals surface area contributed by atoms with Crippen LogP contribution in [0.15, 0.2) is 24.3 Å². The molecule has 2 aromatic rings. The molecule has 1 saturated heterocycles. The van der Waals surface area contributed by atoms with Crippen LogP contribution in [0, 0.1) is 0 Å². The minimum Gasteiger partial charge on any atom is -0.504 e. The first-order valence-electron chi connectivity index (χ1n) is 9.35. The van der Waals surface area contributed by atoms with Crippen molar-refractivity contribution in [2.45, 2.75) is 24.4 Å². The van der Waals surface area contributed by atoms with E-state index in [1.165, 1.54) is 0 Å². The zero-order chi connectivity index (χ0) is 24.4. The van der Waals surface area contributed by atoms with Gasteiger partial charge in [0.25, 0.3) is 0 Å². The van der Waals surface area contributed by atoms with Gasteiger partial charge in [-0.15, -0.1) is 0 Å². The summed E-state index contributed by atoms with van der Waals surface area (Å²) in [5.74, 6) is -7.11. The van der Waals surface area contributed by atoms with Crippen molar-refractivity contribution in [1.82, 2.24) is 0 Å². The molecule has 13 nitrogen and oxygen atoms in total. The van der Waals surface area contributed by atoms with E-state index in [1.54, 1.807) is 0 Å². The van der Waals surface area contributed by atoms with Gasteiger partial charge in [0, 0.05) is 0 Å². The largest absolute Gasteiger partial charge is 0.504 e. The summed E-state index contributed by atoms with van der Waals surface area (Å²) < 4.78 is 15.4. The van der Waals surface area contributed by atoms with Gasteiger partial charge in [-0.25, -0.2) is 9.59 Å². The molecule has 1 heterocycles. The van der Waals surface area contributed by atoms with Crippen LogP contribution in [-0.2, 0) is 14.2 Å². The lowest BCUT2D eigenvalue weighted by Crippen LogP contribution is -2.56. The van der Waals surface area contributed by atoms with E-state index in [9.17, 15) is 50.4 Å². The van der Waals surface area contributed by atoms with E-state index in [0.29, 0.717) is 0 Å². The van der Waals surface area contributed by atoms with E-state index in [-0.39, 0.29) is 12.2 Å². The van der Waals surface area contributed by atoms with Gasteiger partial charge in [0.05, 0.1) is 17.7 Å². The van der Waals surface area contributed by atoms with Gasteiger partial charge < -0.3 is 55.1 Å². The van der Waals surface area contributed by atoms with Crippen LogP contribution in [0.5, 0.6) is 34.5 Å². The van der Waals surface area contributed by atoms with Crippen LogP contribution in [-0.4, -0.2) is 90.4 Å². The molecule has 4 unspecified atom stereocenters. The van der Waals surface area contributed by atoms with Gasteiger partial charge in [-0.1, -0.05) is 0 Å². The summed E-state index contributed by atoms with van der Waals surface area (Å²) in [5, 5.41) is 76.9. The average Bonchev–Trinajstić information content (AvgIpc) is 2.77. The Morgan fingerprint density at radius 3 is 1.76 bits per heavy atom. The molecule has 0 aliphatic carbocycles. The molecule has 1 fully saturated rings. The topological polar surface area (TPSA) is 224 Å². The molecule has 0 radical (unpaired) electrons. The van der Waals surface area contributed by atoms with Crippen molar-refractivity contribution in [2.24, 2.45) is 0 Å². The summed E-state index contributed by atoms with van der Waals surface area (Å²) in [4.78, 5) is 24.7. The van der Waals surface area contributed by atoms with Gasteiger partial charge in [0.2, 0.25) is 0 Å². The van der Waals surface area contributed by atoms with E-state index < -0.39 is 83.0 Å². The second kappa shape index (κ2) is 9.28. The molecule has 1 aliphatic heterocycles. The minimum absolute atomic E-state index is 0.331. The quantitative estimate of drug-likeness (QED) is 0.203. The Morgan fingerprint density at radius 1 is 0.818 bits per heavy atom. The predicted octanol–water partition coefficient (Wildman–Crippen LogP) is -0.577. The summed E-state index contributed by atoms with van der Waals surface area (Å²) in [7, 11) is 0. The lowest BCUT2D eigenvalue weighted by atomic mass is 10.00. The molecule has 1 aliphatic rings. The summed E-state index contributed by atoms with van der Waals surface area (Å²) in [6.07, 6.45) is -5.95. The summed E-state index contributed by atoms with van der Waals surface area (Å²) in [6.45, 7) is -0.992. The van der Waals surface area contributed by atoms with Gasteiger partial charge in [-0.2, -0.15) is 0 Å². The number of carbonyl (C=O) groups excluding carboxylic acids is 2. The highest BCUT2D eigenvalue weighted by Crippen LogP contribution is 2.37. The third-order valence-electron chi connectivity index (χ3n) is 4.81. The standard InChI is InChI=1S/C20H20O13/c21-9-1-7(2-10(22)15(9)26)19(29)32-6-14-18(17(28)13(25)5-31-14)33-20(30)8-3-11(23)16(27)12(24)4-8/h1-4,13-14,17-18,21-28H,5-6H2. The van der Waals surface area contributed by atoms with Crippen molar-refractivity contribution in [3.8, 4) is 34.5 Å². The van der Waals surface area contributed by atoms with E-state index in [2.05, 4.69) is 0 Å². The Morgan fingerprint density at radius 2 is 1.27 bits per heavy atom. The summed E-state index contributed by atoms with van der Waals surface area (Å²) >= 11 is 0. The van der Waals surface area contributed by atoms with Gasteiger partial charge in [0.15, 0.2) is 40.6 Å². The molecule has 178 valence electrons. The highest BCUT2D eigenvalue weighted by Gasteiger charge is 2.42. The van der Waals surface area contributed by atoms with Crippen LogP contribution >= 0.6 is 0 Å². The molecule has 0 aromatic heterocycles. The second-order valence-electron chi connectivity index (χ2n) is 7.12. The molecular weight excluding hydrogens is 448 g/mol. The van der Waals surface area contributed by atoms with Crippen molar-refractivity contribution in [1.29, 1.82) is 0 Å². The highest BCUT2D eigenvalue weighted by molar-refractivity contribution is 5.92. The fourth-order valence-electron chi connectivity index (χ4n) is 3.02. The van der Waals surface area contributed by atoms with E-state index in [4.69, 9.17) is 14.2 Å². The average molecular weight is 468 g/mol. The number of aliphatic hydroxyl groups excluding tert-OH is 2. The number of carbonyl (C=O) groups is 2. The third kappa shape index (κ3) is 4.95. The molecule has 2 aromatic carbocycles. The number of rotatable bonds is 5. The molecule has 4 atom stereocenters. The van der Waals surface area contributed by atoms with Gasteiger partial charge in [-0.05, 0) is 24.3 Å². The first-order valence-corrected chi connectivity index (χ1v) is 9.35. The van der Waals surface area contributed by atoms with Crippen LogP contribution in [0.4, 0.5) is 0 Å². The zero-order valence-electron chi connectivity index (χ0n) is 16.7. The minimum atomic E-state index is -1.66. The number of benzene rings is 2. The van der Waals surface area contributed by atoms with E-state index >= 15 is 0 Å². The molecule has 0 spiro atoms. The molecule has 13 heteroatoms. The number of aliphatic hydroxyl groups is 2. The number of phenolic OH excluding ortho intramolecular Hbond substituents is 6. The Balaban J connectivity index is 1.74. The maximum atomic E-state index is 12.4. The Hall–Kier alpha value is -3.94. The SMILES string of the molecule is O=C(OCC1OCC(O)C(O)C1OC(=O)c1cc(O)c(O)c(O)c1)c1cc(O)c(O)c(O)c1. The Labute approximate surface area is 184 Å². The fourth-order valence-corrected chi connectivity index (χ4v) is 3.02. The summed E-state index contributed by atoms with van der Waals surface area (Å²) in [5.41, 5.74) is -0.733. The van der Waals surface area contributed by atoms with Crippen molar-refractivity contribution >= 4 is 11.9 Å². The van der Waals surface area contributed by atoms with Crippen LogP contribution in [0.1, 0.15) is 20.7 Å². The first-order chi connectivity index (χ1) is 15.5. The van der Waals surface area contributed by atoms with Crippen LogP contribution in [0.3, 0.4) is 0 Å². The number of ether oxygens (including phenoxy) is 3. The maximum Gasteiger partial charge on any atom is 0.338 e. The van der Waals surface area contributed by atoms with Crippen LogP contribution < -0.4 is 0 Å². The van der Waals surface area contributed by atoms with Crippen molar-refractivity contribution < 1.29 is 64.7 Å². The van der Waals surface area contributed by atoms with E-state index in [0.717, 1.165) is 24.3 Å². The molecule has 0 bridgehead atoms. The second-order valence-corrected chi connectivity index (χ2v) is 7.12. The Bertz CT molecular complexity index is 1020. The predicted molar refractivity (Wildman–Crippen MR) is 104 cm³/mol. The third-order valence-corrected chi connectivity index (χ3v) is 4.81. The van der Waals surface area contributed by atoms with Crippen molar-refractivity contribution in [3.63, 3.8) is 0 Å². The molecule has 33 heavy (non-hydrogen) atoms. The Kier molecular flexibility index (Phi) is 6.67. The van der Waals surface area contributed by atoms with Crippen LogP contribution in [0.2, 0.25) is 0 Å². The molecular formula is C20H20O13. The zero-order valence-corrected chi connectivity index (χ0v) is 16.7. The monoisotopic (exact) mass is 468 g/mol. The fraction of sp³-hybridized carbons (Fsp3) is 0.300. The number of hydrogen-bond acceptors (Lipinski definition) is 13. The van der Waals surface area contributed by atoms with Crippen LogP contribution in [0.25, 0.3) is 0 Å². The van der Waals surface area contributed by atoms with Gasteiger partial charge in [-0.3, -0.25) is 0 Å².